The topological polar surface area (TPSA) is 134 Å². The zero-order chi connectivity index (χ0) is 36.1. The third-order valence-corrected chi connectivity index (χ3v) is 9.72. The van der Waals surface area contributed by atoms with Crippen molar-refractivity contribution in [3.05, 3.63) is 131 Å². The highest BCUT2D eigenvalue weighted by Crippen LogP contribution is 2.37. The molecule has 0 bridgehead atoms. The molecule has 0 saturated carbocycles. The highest BCUT2D eigenvalue weighted by atomic mass is 16.5. The Labute approximate surface area is 305 Å². The van der Waals surface area contributed by atoms with Gasteiger partial charge in [0, 0.05) is 51.4 Å². The first-order valence-electron chi connectivity index (χ1n) is 18.0. The molecule has 4 aromatic rings. The van der Waals surface area contributed by atoms with Crippen LogP contribution in [0.25, 0.3) is 0 Å². The lowest BCUT2D eigenvalue weighted by Crippen LogP contribution is -2.46. The lowest BCUT2D eigenvalue weighted by molar-refractivity contribution is -0.137. The van der Waals surface area contributed by atoms with Crippen molar-refractivity contribution in [1.82, 2.24) is 20.1 Å². The Hall–Kier alpha value is -4.81. The Morgan fingerprint density at radius 1 is 0.923 bits per heavy atom. The van der Waals surface area contributed by atoms with Gasteiger partial charge in [-0.15, -0.1) is 0 Å². The van der Waals surface area contributed by atoms with Crippen LogP contribution in [-0.2, 0) is 40.3 Å². The summed E-state index contributed by atoms with van der Waals surface area (Å²) >= 11 is 0. The van der Waals surface area contributed by atoms with Gasteiger partial charge in [0.1, 0.15) is 19.0 Å². The monoisotopic (exact) mass is 708 g/mol. The van der Waals surface area contributed by atoms with E-state index in [4.69, 9.17) is 14.2 Å². The molecule has 2 aliphatic rings. The molecule has 1 aliphatic carbocycles. The van der Waals surface area contributed by atoms with Gasteiger partial charge in [-0.25, -0.2) is 4.79 Å². The van der Waals surface area contributed by atoms with E-state index in [1.165, 1.54) is 0 Å². The molecule has 1 saturated heterocycles. The number of benzene rings is 3. The summed E-state index contributed by atoms with van der Waals surface area (Å²) in [6.45, 7) is 5.03. The lowest BCUT2D eigenvalue weighted by atomic mass is 9.97. The molecule has 4 atom stereocenters. The van der Waals surface area contributed by atoms with E-state index >= 15 is 0 Å². The molecule has 2 heterocycles. The van der Waals surface area contributed by atoms with E-state index < -0.39 is 30.4 Å². The van der Waals surface area contributed by atoms with Crippen molar-refractivity contribution in [2.75, 3.05) is 39.5 Å². The number of aliphatic hydroxyl groups excluding tert-OH is 2. The fourth-order valence-electron chi connectivity index (χ4n) is 6.86. The summed E-state index contributed by atoms with van der Waals surface area (Å²) in [5.41, 5.74) is 4.55. The number of carbonyl (C=O) groups excluding carboxylic acids is 2. The Balaban J connectivity index is 1.12. The SMILES string of the molecule is O=C(N[C@@H](Cc1ccccc1)[C@@H](O)CCC(=O)N(Cc1ccc(OCCN2CCOCC2)cc1)[C@H]1c2ccccc2C[C@H]1O)OCc1ccncc1. The maximum absolute atomic E-state index is 14.2. The lowest BCUT2D eigenvalue weighted by Gasteiger charge is -2.33. The predicted octanol–water partition coefficient (Wildman–Crippen LogP) is 4.46. The summed E-state index contributed by atoms with van der Waals surface area (Å²) in [4.78, 5) is 35.1. The third-order valence-electron chi connectivity index (χ3n) is 9.72. The van der Waals surface area contributed by atoms with E-state index in [9.17, 15) is 19.8 Å². The van der Waals surface area contributed by atoms with Crippen molar-refractivity contribution in [3.63, 3.8) is 0 Å². The van der Waals surface area contributed by atoms with Gasteiger partial charge >= 0.3 is 6.09 Å². The summed E-state index contributed by atoms with van der Waals surface area (Å²) < 4.78 is 16.9. The number of nitrogens with zero attached hydrogens (tertiary/aromatic N) is 3. The molecule has 1 aromatic heterocycles. The molecular formula is C41H48N4O7. The minimum atomic E-state index is -1.05. The van der Waals surface area contributed by atoms with Gasteiger partial charge in [0.15, 0.2) is 0 Å². The first-order chi connectivity index (χ1) is 25.4. The first kappa shape index (κ1) is 37.0. The van der Waals surface area contributed by atoms with E-state index in [2.05, 4.69) is 15.2 Å². The molecule has 274 valence electrons. The Kier molecular flexibility index (Phi) is 13.2. The number of pyridine rings is 1. The van der Waals surface area contributed by atoms with Gasteiger partial charge in [0.2, 0.25) is 5.91 Å². The number of amides is 2. The van der Waals surface area contributed by atoms with E-state index in [0.29, 0.717) is 19.4 Å². The summed E-state index contributed by atoms with van der Waals surface area (Å²) in [6.07, 6.45) is 1.68. The number of alkyl carbamates (subject to hydrolysis) is 1. The summed E-state index contributed by atoms with van der Waals surface area (Å²) in [5.74, 6) is 0.546. The van der Waals surface area contributed by atoms with Crippen LogP contribution in [0.15, 0.2) is 103 Å². The second-order valence-corrected chi connectivity index (χ2v) is 13.4. The largest absolute Gasteiger partial charge is 0.492 e. The number of hydrogen-bond acceptors (Lipinski definition) is 9. The van der Waals surface area contributed by atoms with E-state index in [1.54, 1.807) is 29.4 Å². The molecule has 3 aromatic carbocycles. The van der Waals surface area contributed by atoms with Crippen molar-refractivity contribution in [1.29, 1.82) is 0 Å². The maximum atomic E-state index is 14.2. The van der Waals surface area contributed by atoms with Crippen LogP contribution in [-0.4, -0.2) is 94.7 Å². The van der Waals surface area contributed by atoms with Crippen LogP contribution < -0.4 is 10.1 Å². The van der Waals surface area contributed by atoms with Gasteiger partial charge in [-0.05, 0) is 64.9 Å². The molecule has 1 fully saturated rings. The van der Waals surface area contributed by atoms with Gasteiger partial charge in [0.25, 0.3) is 0 Å². The summed E-state index contributed by atoms with van der Waals surface area (Å²) in [5, 5.41) is 25.6. The smallest absolute Gasteiger partial charge is 0.407 e. The van der Waals surface area contributed by atoms with Crippen molar-refractivity contribution in [3.8, 4) is 5.75 Å². The van der Waals surface area contributed by atoms with Crippen LogP contribution >= 0.6 is 0 Å². The minimum Gasteiger partial charge on any atom is -0.492 e. The zero-order valence-electron chi connectivity index (χ0n) is 29.4. The van der Waals surface area contributed by atoms with Crippen molar-refractivity contribution in [2.45, 2.75) is 63.1 Å². The molecule has 1 aliphatic heterocycles. The molecule has 0 unspecified atom stereocenters. The number of morpholine rings is 1. The molecule has 6 rings (SSSR count). The van der Waals surface area contributed by atoms with Gasteiger partial charge in [0.05, 0.1) is 37.5 Å². The van der Waals surface area contributed by atoms with Gasteiger partial charge in [-0.3, -0.25) is 14.7 Å². The fourth-order valence-corrected chi connectivity index (χ4v) is 6.86. The highest BCUT2D eigenvalue weighted by molar-refractivity contribution is 5.77. The van der Waals surface area contributed by atoms with Gasteiger partial charge < -0.3 is 34.6 Å². The quantitative estimate of drug-likeness (QED) is 0.154. The van der Waals surface area contributed by atoms with Crippen molar-refractivity contribution in [2.24, 2.45) is 0 Å². The normalized spacial score (nSPS) is 18.2. The number of nitrogens with one attached hydrogen (secondary N) is 1. The van der Waals surface area contributed by atoms with E-state index in [0.717, 1.165) is 66.4 Å². The van der Waals surface area contributed by atoms with Crippen molar-refractivity contribution < 1.29 is 34.0 Å². The second-order valence-electron chi connectivity index (χ2n) is 13.4. The molecule has 52 heavy (non-hydrogen) atoms. The minimum absolute atomic E-state index is 0.00825. The Bertz CT molecular complexity index is 1700. The number of hydrogen-bond donors (Lipinski definition) is 3. The third kappa shape index (κ3) is 10.4. The summed E-state index contributed by atoms with van der Waals surface area (Å²) in [6, 6.07) is 27.4. The van der Waals surface area contributed by atoms with Crippen molar-refractivity contribution >= 4 is 12.0 Å². The number of aliphatic hydroxyl groups is 2. The van der Waals surface area contributed by atoms with Crippen LogP contribution in [0.1, 0.15) is 46.7 Å². The van der Waals surface area contributed by atoms with Crippen LogP contribution in [0.3, 0.4) is 0 Å². The van der Waals surface area contributed by atoms with Crippen LogP contribution in [0, 0.1) is 0 Å². The zero-order valence-corrected chi connectivity index (χ0v) is 29.4. The Morgan fingerprint density at radius 2 is 1.65 bits per heavy atom. The highest BCUT2D eigenvalue weighted by Gasteiger charge is 2.38. The fraction of sp³-hybridized carbons (Fsp3) is 0.390. The van der Waals surface area contributed by atoms with Gasteiger partial charge in [-0.2, -0.15) is 0 Å². The molecule has 11 nitrogen and oxygen atoms in total. The maximum Gasteiger partial charge on any atom is 0.407 e. The molecule has 2 amide bonds. The number of ether oxygens (including phenoxy) is 3. The standard InChI is InChI=1S/C41H48N4O7/c46-37(36(26-30-6-2-1-3-7-30)43-41(49)52-29-32-16-18-42-19-17-32)14-15-39(48)45(40-35-9-5-4-8-33(35)27-38(40)47)28-31-10-12-34(13-11-31)51-25-22-44-20-23-50-24-21-44/h1-13,16-19,36-38,40,46-47H,14-15,20-29H2,(H,43,49)/t36-,37-,38+,40-/m0/s1. The van der Waals surface area contributed by atoms with Crippen LogP contribution in [0.4, 0.5) is 4.79 Å². The average molecular weight is 709 g/mol. The number of fused-ring (bicyclic) bond motifs is 1. The second kappa shape index (κ2) is 18.6. The molecule has 3 N–H and O–H groups in total. The molecular weight excluding hydrogens is 660 g/mol. The van der Waals surface area contributed by atoms with E-state index in [-0.39, 0.29) is 31.9 Å². The number of aromatic nitrogens is 1. The molecule has 0 radical (unpaired) electrons. The first-order valence-corrected chi connectivity index (χ1v) is 18.0. The summed E-state index contributed by atoms with van der Waals surface area (Å²) in [7, 11) is 0. The number of carbonyl (C=O) groups is 2. The number of rotatable bonds is 16. The Morgan fingerprint density at radius 3 is 2.42 bits per heavy atom. The average Bonchev–Trinajstić information content (AvgIpc) is 3.51. The van der Waals surface area contributed by atoms with Crippen LogP contribution in [0.5, 0.6) is 5.75 Å². The van der Waals surface area contributed by atoms with Gasteiger partial charge in [-0.1, -0.05) is 66.7 Å². The molecule has 0 spiro atoms. The molecule has 11 heteroatoms. The van der Waals surface area contributed by atoms with Crippen LogP contribution in [0.2, 0.25) is 0 Å². The van der Waals surface area contributed by atoms with E-state index in [1.807, 2.05) is 78.9 Å². The predicted molar refractivity (Wildman–Crippen MR) is 195 cm³/mol.